The number of rotatable bonds is 35. The fourth-order valence-corrected chi connectivity index (χ4v) is 10.2. The van der Waals surface area contributed by atoms with Crippen molar-refractivity contribution in [1.82, 2.24) is 0 Å². The fourth-order valence-electron chi connectivity index (χ4n) is 10.2. The summed E-state index contributed by atoms with van der Waals surface area (Å²) in [4.78, 5) is 0. The summed E-state index contributed by atoms with van der Waals surface area (Å²) >= 11 is 0. The monoisotopic (exact) mass is 661 g/mol. The van der Waals surface area contributed by atoms with E-state index in [-0.39, 0.29) is 5.60 Å². The zero-order valence-electron chi connectivity index (χ0n) is 34.2. The molecule has 0 aromatic rings. The molecule has 1 heterocycles. The summed E-state index contributed by atoms with van der Waals surface area (Å²) in [6, 6.07) is 0. The van der Waals surface area contributed by atoms with Gasteiger partial charge in [-0.15, -0.1) is 0 Å². The Morgan fingerprint density at radius 2 is 0.617 bits per heavy atom. The molecule has 0 radical (unpaired) electrons. The van der Waals surface area contributed by atoms with E-state index in [1.165, 1.54) is 225 Å². The van der Waals surface area contributed by atoms with E-state index in [2.05, 4.69) is 48.5 Å². The summed E-state index contributed by atoms with van der Waals surface area (Å²) < 4.78 is 8.15. The Kier molecular flexibility index (Phi) is 27.4. The molecule has 0 N–H and O–H groups in total. The molecule has 1 aliphatic rings. The third kappa shape index (κ3) is 15.0. The minimum Gasteiger partial charge on any atom is -0.371 e. The average molecular weight is 661 g/mol. The molecule has 0 aromatic heterocycles. The molecule has 1 heteroatoms. The van der Waals surface area contributed by atoms with Gasteiger partial charge >= 0.3 is 0 Å². The Balaban J connectivity index is 3.92. The van der Waals surface area contributed by atoms with Crippen molar-refractivity contribution in [2.45, 2.75) is 285 Å². The maximum absolute atomic E-state index is 8.15. The minimum atomic E-state index is 0.0951. The summed E-state index contributed by atoms with van der Waals surface area (Å²) in [5.74, 6) is 0. The molecular weight excluding hydrogens is 569 g/mol. The lowest BCUT2D eigenvalue weighted by molar-refractivity contribution is -0.114. The Labute approximate surface area is 299 Å². The largest absolute Gasteiger partial charge is 0.371 e. The first-order chi connectivity index (χ1) is 23.0. The molecule has 47 heavy (non-hydrogen) atoms. The van der Waals surface area contributed by atoms with Crippen molar-refractivity contribution in [1.29, 1.82) is 0 Å². The first-order valence-electron chi connectivity index (χ1n) is 22.7. The van der Waals surface area contributed by atoms with Crippen LogP contribution in [0.1, 0.15) is 273 Å². The van der Waals surface area contributed by atoms with Gasteiger partial charge in [0.1, 0.15) is 0 Å². The number of ether oxygens (including phenoxy) is 1. The molecule has 0 aliphatic carbocycles. The van der Waals surface area contributed by atoms with Crippen LogP contribution in [-0.2, 0) is 4.74 Å². The highest BCUT2D eigenvalue weighted by molar-refractivity contribution is 5.17. The average Bonchev–Trinajstić information content (AvgIpc) is 3.29. The van der Waals surface area contributed by atoms with Crippen LogP contribution in [0.25, 0.3) is 0 Å². The molecular formula is C46H92O. The van der Waals surface area contributed by atoms with Crippen LogP contribution in [0.4, 0.5) is 0 Å². The van der Waals surface area contributed by atoms with Gasteiger partial charge in [-0.05, 0) is 44.9 Å². The summed E-state index contributed by atoms with van der Waals surface area (Å²) in [6.45, 7) is 16.8. The highest BCUT2D eigenvalue weighted by Crippen LogP contribution is 2.70. The predicted molar refractivity (Wildman–Crippen MR) is 214 cm³/mol. The number of hydrogen-bond acceptors (Lipinski definition) is 1. The van der Waals surface area contributed by atoms with Crippen molar-refractivity contribution in [3.05, 3.63) is 0 Å². The molecule has 1 unspecified atom stereocenters. The van der Waals surface area contributed by atoms with Crippen molar-refractivity contribution in [3.63, 3.8) is 0 Å². The standard InChI is InChI=1S/C46H92O/c1-8-15-22-29-36-43-44(37-30-23-16-9-2,38-31-24-17-10-3)45(39-32-25-18-11-4,40-33-26-19-12-5)46(47-43,41-34-27-20-13-6)42-35-28-21-14-7/h43H,8-42H2,1-7H3. The Morgan fingerprint density at radius 3 is 0.957 bits per heavy atom. The van der Waals surface area contributed by atoms with E-state index in [4.69, 9.17) is 4.74 Å². The van der Waals surface area contributed by atoms with Gasteiger partial charge in [-0.25, -0.2) is 0 Å². The normalized spacial score (nSPS) is 18.3. The molecule has 1 atom stereocenters. The van der Waals surface area contributed by atoms with Crippen LogP contribution in [0.2, 0.25) is 0 Å². The van der Waals surface area contributed by atoms with Crippen LogP contribution in [0.3, 0.4) is 0 Å². The number of unbranched alkanes of at least 4 members (excludes halogenated alkanes) is 21. The topological polar surface area (TPSA) is 9.23 Å². The minimum absolute atomic E-state index is 0.0951. The second-order valence-corrected chi connectivity index (χ2v) is 16.6. The van der Waals surface area contributed by atoms with Gasteiger partial charge in [0, 0.05) is 10.8 Å². The summed E-state index contributed by atoms with van der Waals surface area (Å²) in [5, 5.41) is 0. The van der Waals surface area contributed by atoms with E-state index in [1.54, 1.807) is 0 Å². The molecule has 0 amide bonds. The van der Waals surface area contributed by atoms with Crippen LogP contribution in [0.5, 0.6) is 0 Å². The maximum atomic E-state index is 8.15. The van der Waals surface area contributed by atoms with E-state index in [9.17, 15) is 0 Å². The molecule has 1 nitrogen and oxygen atoms in total. The van der Waals surface area contributed by atoms with E-state index in [1.807, 2.05) is 0 Å². The molecule has 282 valence electrons. The summed E-state index contributed by atoms with van der Waals surface area (Å²) in [7, 11) is 0. The van der Waals surface area contributed by atoms with E-state index < -0.39 is 0 Å². The molecule has 0 bridgehead atoms. The summed E-state index contributed by atoms with van der Waals surface area (Å²) in [6.07, 6.45) is 49.3. The lowest BCUT2D eigenvalue weighted by Crippen LogP contribution is -2.54. The molecule has 0 spiro atoms. The maximum Gasteiger partial charge on any atom is 0.0748 e. The summed E-state index contributed by atoms with van der Waals surface area (Å²) in [5.41, 5.74) is 0.820. The lowest BCUT2D eigenvalue weighted by atomic mass is 9.47. The predicted octanol–water partition coefficient (Wildman–Crippen LogP) is 16.9. The van der Waals surface area contributed by atoms with Crippen LogP contribution in [0.15, 0.2) is 0 Å². The molecule has 0 saturated carbocycles. The highest BCUT2D eigenvalue weighted by atomic mass is 16.5. The van der Waals surface area contributed by atoms with Gasteiger partial charge in [0.25, 0.3) is 0 Å². The smallest absolute Gasteiger partial charge is 0.0748 e. The highest BCUT2D eigenvalue weighted by Gasteiger charge is 2.69. The quantitative estimate of drug-likeness (QED) is 0.0615. The van der Waals surface area contributed by atoms with Gasteiger partial charge in [0.15, 0.2) is 0 Å². The first kappa shape index (κ1) is 45.0. The van der Waals surface area contributed by atoms with Gasteiger partial charge in [-0.3, -0.25) is 0 Å². The zero-order chi connectivity index (χ0) is 34.5. The third-order valence-corrected chi connectivity index (χ3v) is 12.9. The zero-order valence-corrected chi connectivity index (χ0v) is 34.2. The van der Waals surface area contributed by atoms with Gasteiger partial charge in [0.2, 0.25) is 0 Å². The molecule has 1 fully saturated rings. The van der Waals surface area contributed by atoms with Crippen molar-refractivity contribution < 1.29 is 4.74 Å². The first-order valence-corrected chi connectivity index (χ1v) is 22.7. The molecule has 1 saturated heterocycles. The van der Waals surface area contributed by atoms with Gasteiger partial charge in [-0.1, -0.05) is 228 Å². The Morgan fingerprint density at radius 1 is 0.319 bits per heavy atom. The second kappa shape index (κ2) is 28.6. The molecule has 1 rings (SSSR count). The molecule has 1 aliphatic heterocycles. The lowest BCUT2D eigenvalue weighted by Gasteiger charge is -2.55. The van der Waals surface area contributed by atoms with E-state index in [0.717, 1.165) is 0 Å². The SMILES string of the molecule is CCCCCCC1OC(CCCCCC)(CCCCCC)C(CCCCCC)(CCCCCC)C1(CCCCCC)CCCCCC. The Hall–Kier alpha value is -0.0400. The van der Waals surface area contributed by atoms with Gasteiger partial charge in [0.05, 0.1) is 11.7 Å². The van der Waals surface area contributed by atoms with E-state index >= 15 is 0 Å². The third-order valence-electron chi connectivity index (χ3n) is 12.9. The number of hydrogen-bond donors (Lipinski definition) is 0. The van der Waals surface area contributed by atoms with Gasteiger partial charge in [-0.2, -0.15) is 0 Å². The fraction of sp³-hybridized carbons (Fsp3) is 1.00. The van der Waals surface area contributed by atoms with Crippen molar-refractivity contribution in [3.8, 4) is 0 Å². The van der Waals surface area contributed by atoms with Crippen molar-refractivity contribution in [2.24, 2.45) is 10.8 Å². The molecule has 0 aromatic carbocycles. The van der Waals surface area contributed by atoms with E-state index in [0.29, 0.717) is 16.9 Å². The van der Waals surface area contributed by atoms with Crippen LogP contribution >= 0.6 is 0 Å². The van der Waals surface area contributed by atoms with Crippen molar-refractivity contribution >= 4 is 0 Å². The Bertz CT molecular complexity index is 630. The van der Waals surface area contributed by atoms with Crippen LogP contribution in [-0.4, -0.2) is 11.7 Å². The van der Waals surface area contributed by atoms with Crippen LogP contribution in [0, 0.1) is 10.8 Å². The van der Waals surface area contributed by atoms with Crippen LogP contribution < -0.4 is 0 Å². The van der Waals surface area contributed by atoms with Crippen molar-refractivity contribution in [2.75, 3.05) is 0 Å². The van der Waals surface area contributed by atoms with Gasteiger partial charge < -0.3 is 4.74 Å². The second-order valence-electron chi connectivity index (χ2n) is 16.6.